The van der Waals surface area contributed by atoms with Gasteiger partial charge in [-0.2, -0.15) is 0 Å². The van der Waals surface area contributed by atoms with Gasteiger partial charge in [-0.05, 0) is 13.0 Å². The Balaban J connectivity index is 1.46. The highest BCUT2D eigenvalue weighted by molar-refractivity contribution is 4.94. The van der Waals surface area contributed by atoms with Gasteiger partial charge in [0.25, 0.3) is 0 Å². The first kappa shape index (κ1) is 14.0. The first-order valence-corrected chi connectivity index (χ1v) is 7.49. The summed E-state index contributed by atoms with van der Waals surface area (Å²) in [6.45, 7) is 7.57. The Bertz CT molecular complexity index is 433. The van der Waals surface area contributed by atoms with E-state index in [0.717, 1.165) is 64.6 Å². The maximum absolute atomic E-state index is 10.4. The van der Waals surface area contributed by atoms with E-state index in [9.17, 15) is 5.11 Å². The lowest BCUT2D eigenvalue weighted by Gasteiger charge is -2.37. The normalized spacial score (nSPS) is 29.1. The van der Waals surface area contributed by atoms with Crippen LogP contribution in [0.1, 0.15) is 12.2 Å². The zero-order valence-electron chi connectivity index (χ0n) is 12.3. The van der Waals surface area contributed by atoms with E-state index in [2.05, 4.69) is 24.7 Å². The predicted octanol–water partition coefficient (Wildman–Crippen LogP) is -0.738. The molecule has 112 valence electrons. The second kappa shape index (κ2) is 5.81. The third-order valence-corrected chi connectivity index (χ3v) is 4.49. The highest BCUT2D eigenvalue weighted by Crippen LogP contribution is 2.17. The van der Waals surface area contributed by atoms with Crippen LogP contribution in [0.3, 0.4) is 0 Å². The average Bonchev–Trinajstić information content (AvgIpc) is 3.02. The zero-order chi connectivity index (χ0) is 14.0. The summed E-state index contributed by atoms with van der Waals surface area (Å²) < 4.78 is 2.08. The molecule has 2 N–H and O–H groups in total. The summed E-state index contributed by atoms with van der Waals surface area (Å²) >= 11 is 0. The van der Waals surface area contributed by atoms with Crippen LogP contribution in [0.2, 0.25) is 0 Å². The molecule has 2 saturated heterocycles. The van der Waals surface area contributed by atoms with Crippen LogP contribution in [0.5, 0.6) is 0 Å². The molecule has 20 heavy (non-hydrogen) atoms. The van der Waals surface area contributed by atoms with Crippen LogP contribution >= 0.6 is 0 Å². The lowest BCUT2D eigenvalue weighted by Crippen LogP contribution is -2.52. The van der Waals surface area contributed by atoms with Crippen molar-refractivity contribution < 1.29 is 5.11 Å². The fraction of sp³-hybridized carbons (Fsp3) is 0.786. The van der Waals surface area contributed by atoms with Crippen LogP contribution in [-0.4, -0.2) is 75.9 Å². The summed E-state index contributed by atoms with van der Waals surface area (Å²) in [6, 6.07) is 0. The molecule has 0 amide bonds. The molecule has 1 aromatic rings. The molecule has 0 bridgehead atoms. The van der Waals surface area contributed by atoms with Gasteiger partial charge in [-0.25, -0.2) is 4.98 Å². The van der Waals surface area contributed by atoms with Gasteiger partial charge in [0.1, 0.15) is 5.82 Å². The van der Waals surface area contributed by atoms with E-state index in [1.165, 1.54) is 0 Å². The topological polar surface area (TPSA) is 56.6 Å². The van der Waals surface area contributed by atoms with Crippen molar-refractivity contribution in [3.8, 4) is 0 Å². The minimum absolute atomic E-state index is 0.512. The minimum atomic E-state index is -0.512. The van der Waals surface area contributed by atoms with Crippen molar-refractivity contribution in [1.29, 1.82) is 0 Å². The number of rotatable bonds is 4. The summed E-state index contributed by atoms with van der Waals surface area (Å²) in [5, 5.41) is 13.7. The fourth-order valence-electron chi connectivity index (χ4n) is 3.14. The zero-order valence-corrected chi connectivity index (χ0v) is 12.3. The maximum Gasteiger partial charge on any atom is 0.122 e. The summed E-state index contributed by atoms with van der Waals surface area (Å²) in [5.74, 6) is 1.12. The van der Waals surface area contributed by atoms with Gasteiger partial charge >= 0.3 is 0 Å². The summed E-state index contributed by atoms with van der Waals surface area (Å²) in [4.78, 5) is 9.21. The van der Waals surface area contributed by atoms with Crippen molar-refractivity contribution in [2.75, 3.05) is 45.8 Å². The van der Waals surface area contributed by atoms with Gasteiger partial charge in [-0.3, -0.25) is 9.80 Å². The molecule has 2 fully saturated rings. The van der Waals surface area contributed by atoms with Gasteiger partial charge in [0.15, 0.2) is 0 Å². The Morgan fingerprint density at radius 1 is 1.30 bits per heavy atom. The van der Waals surface area contributed by atoms with E-state index < -0.39 is 5.60 Å². The number of imidazole rings is 1. The number of nitrogens with one attached hydrogen (secondary N) is 1. The van der Waals surface area contributed by atoms with Crippen molar-refractivity contribution in [2.24, 2.45) is 7.05 Å². The number of hydrogen-bond acceptors (Lipinski definition) is 5. The minimum Gasteiger partial charge on any atom is -0.387 e. The smallest absolute Gasteiger partial charge is 0.122 e. The number of β-amino-alcohol motifs (C(OH)–C–C–N with tert-alkyl or cyclic N) is 1. The monoisotopic (exact) mass is 279 g/mol. The van der Waals surface area contributed by atoms with Gasteiger partial charge in [0.05, 0.1) is 12.1 Å². The molecule has 0 saturated carbocycles. The molecule has 6 nitrogen and oxygen atoms in total. The molecule has 1 aromatic heterocycles. The highest BCUT2D eigenvalue weighted by atomic mass is 16.3. The Kier molecular flexibility index (Phi) is 4.07. The van der Waals surface area contributed by atoms with Gasteiger partial charge in [-0.1, -0.05) is 0 Å². The number of aliphatic hydroxyl groups is 1. The highest BCUT2D eigenvalue weighted by Gasteiger charge is 2.33. The SMILES string of the molecule is Cn1ccnc1CN1CCN(CC2(O)CCNC2)CC1. The van der Waals surface area contributed by atoms with Crippen molar-refractivity contribution in [3.63, 3.8) is 0 Å². The molecule has 1 unspecified atom stereocenters. The van der Waals surface area contributed by atoms with E-state index in [1.807, 2.05) is 19.4 Å². The number of piperazine rings is 1. The van der Waals surface area contributed by atoms with Crippen LogP contribution in [0, 0.1) is 0 Å². The molecule has 2 aliphatic heterocycles. The number of aromatic nitrogens is 2. The van der Waals surface area contributed by atoms with Gasteiger partial charge in [0.2, 0.25) is 0 Å². The third kappa shape index (κ3) is 3.20. The van der Waals surface area contributed by atoms with Crippen molar-refractivity contribution in [1.82, 2.24) is 24.7 Å². The van der Waals surface area contributed by atoms with Crippen LogP contribution in [-0.2, 0) is 13.6 Å². The number of aryl methyl sites for hydroxylation is 1. The van der Waals surface area contributed by atoms with Crippen LogP contribution in [0.25, 0.3) is 0 Å². The van der Waals surface area contributed by atoms with E-state index in [-0.39, 0.29) is 0 Å². The maximum atomic E-state index is 10.4. The van der Waals surface area contributed by atoms with E-state index in [1.54, 1.807) is 0 Å². The van der Waals surface area contributed by atoms with Gasteiger partial charge in [0, 0.05) is 58.7 Å². The van der Waals surface area contributed by atoms with E-state index >= 15 is 0 Å². The molecule has 0 aromatic carbocycles. The molecule has 0 radical (unpaired) electrons. The van der Waals surface area contributed by atoms with Crippen molar-refractivity contribution >= 4 is 0 Å². The predicted molar refractivity (Wildman–Crippen MR) is 77.4 cm³/mol. The second-order valence-electron chi connectivity index (χ2n) is 6.16. The third-order valence-electron chi connectivity index (χ3n) is 4.49. The molecule has 2 aliphatic rings. The van der Waals surface area contributed by atoms with E-state index in [4.69, 9.17) is 0 Å². The van der Waals surface area contributed by atoms with Crippen LogP contribution in [0.4, 0.5) is 0 Å². The first-order valence-electron chi connectivity index (χ1n) is 7.49. The standard InChI is InChI=1S/C14H25N5O/c1-17-5-4-16-13(17)10-18-6-8-19(9-7-18)12-14(20)2-3-15-11-14/h4-5,15,20H,2-3,6-12H2,1H3. The molecule has 1 atom stereocenters. The largest absolute Gasteiger partial charge is 0.387 e. The number of nitrogens with zero attached hydrogens (tertiary/aromatic N) is 4. The second-order valence-corrected chi connectivity index (χ2v) is 6.16. The quantitative estimate of drug-likeness (QED) is 0.760. The Hall–Kier alpha value is -0.950. The molecule has 0 spiro atoms. The summed E-state index contributed by atoms with van der Waals surface area (Å²) in [6.07, 6.45) is 4.73. The van der Waals surface area contributed by atoms with E-state index in [0.29, 0.717) is 0 Å². The van der Waals surface area contributed by atoms with Crippen molar-refractivity contribution in [2.45, 2.75) is 18.6 Å². The number of hydrogen-bond donors (Lipinski definition) is 2. The molecule has 3 rings (SSSR count). The Labute approximate surface area is 120 Å². The Morgan fingerprint density at radius 3 is 2.65 bits per heavy atom. The van der Waals surface area contributed by atoms with Crippen LogP contribution in [0.15, 0.2) is 12.4 Å². The average molecular weight is 279 g/mol. The summed E-state index contributed by atoms with van der Waals surface area (Å²) in [7, 11) is 2.04. The molecule has 0 aliphatic carbocycles. The Morgan fingerprint density at radius 2 is 2.05 bits per heavy atom. The molecular weight excluding hydrogens is 254 g/mol. The van der Waals surface area contributed by atoms with Gasteiger partial charge < -0.3 is 15.0 Å². The molecule has 6 heteroatoms. The van der Waals surface area contributed by atoms with Gasteiger partial charge in [-0.15, -0.1) is 0 Å². The molecule has 3 heterocycles. The fourth-order valence-corrected chi connectivity index (χ4v) is 3.14. The lowest BCUT2D eigenvalue weighted by molar-refractivity contribution is 0.00393. The lowest BCUT2D eigenvalue weighted by atomic mass is 10.0. The van der Waals surface area contributed by atoms with Crippen LogP contribution < -0.4 is 5.32 Å². The molecular formula is C14H25N5O. The first-order chi connectivity index (χ1) is 9.65. The van der Waals surface area contributed by atoms with Crippen molar-refractivity contribution in [3.05, 3.63) is 18.2 Å². The summed E-state index contributed by atoms with van der Waals surface area (Å²) in [5.41, 5.74) is -0.512.